The van der Waals surface area contributed by atoms with Gasteiger partial charge in [0.1, 0.15) is 0 Å². The standard InChI is InChI=1S/C14H19BN2O3/c1-13(2)14(3,4)20-15(19-13)11-5-10(6-16-7-11)12-8-17-9-18-12/h5-6,8-9,16H,7H2,1-4H3. The van der Waals surface area contributed by atoms with Gasteiger partial charge in [0, 0.05) is 18.3 Å². The van der Waals surface area contributed by atoms with Crippen molar-refractivity contribution in [1.29, 1.82) is 0 Å². The summed E-state index contributed by atoms with van der Waals surface area (Å²) in [6, 6.07) is 0. The highest BCUT2D eigenvalue weighted by Crippen LogP contribution is 2.39. The Balaban J connectivity index is 1.84. The average Bonchev–Trinajstić information content (AvgIpc) is 2.97. The third-order valence-corrected chi connectivity index (χ3v) is 4.18. The first-order chi connectivity index (χ1) is 9.39. The van der Waals surface area contributed by atoms with Gasteiger partial charge in [0.05, 0.1) is 17.4 Å². The van der Waals surface area contributed by atoms with E-state index in [0.29, 0.717) is 6.54 Å². The molecule has 0 atom stereocenters. The number of rotatable bonds is 2. The number of aromatic nitrogens is 1. The summed E-state index contributed by atoms with van der Waals surface area (Å²) in [7, 11) is -0.334. The molecular formula is C14H19BN2O3. The third kappa shape index (κ3) is 2.19. The van der Waals surface area contributed by atoms with Gasteiger partial charge in [-0.3, -0.25) is 0 Å². The summed E-state index contributed by atoms with van der Waals surface area (Å²) in [5.41, 5.74) is 1.34. The van der Waals surface area contributed by atoms with Gasteiger partial charge in [0.15, 0.2) is 12.2 Å². The molecule has 0 spiro atoms. The fourth-order valence-electron chi connectivity index (χ4n) is 2.22. The van der Waals surface area contributed by atoms with Gasteiger partial charge in [-0.1, -0.05) is 6.08 Å². The van der Waals surface area contributed by atoms with Gasteiger partial charge in [-0.2, -0.15) is 0 Å². The summed E-state index contributed by atoms with van der Waals surface area (Å²) in [4.78, 5) is 3.94. The van der Waals surface area contributed by atoms with Crippen molar-refractivity contribution in [3.63, 3.8) is 0 Å². The molecule has 1 N–H and O–H groups in total. The van der Waals surface area contributed by atoms with E-state index in [2.05, 4.69) is 38.0 Å². The number of nitrogens with zero attached hydrogens (tertiary/aromatic N) is 1. The van der Waals surface area contributed by atoms with Crippen LogP contribution in [0.3, 0.4) is 0 Å². The number of nitrogens with one attached hydrogen (secondary N) is 1. The van der Waals surface area contributed by atoms with Crippen molar-refractivity contribution in [2.24, 2.45) is 0 Å². The molecule has 106 valence electrons. The molecule has 3 rings (SSSR count). The normalized spacial score (nSPS) is 24.1. The Bertz CT molecular complexity index is 545. The Kier molecular flexibility index (Phi) is 3.03. The first kappa shape index (κ1) is 13.5. The fourth-order valence-corrected chi connectivity index (χ4v) is 2.22. The molecule has 0 aliphatic carbocycles. The van der Waals surface area contributed by atoms with E-state index in [1.165, 1.54) is 6.39 Å². The minimum absolute atomic E-state index is 0.327. The van der Waals surface area contributed by atoms with Gasteiger partial charge < -0.3 is 19.0 Å². The van der Waals surface area contributed by atoms with Crippen LogP contribution in [0, 0.1) is 0 Å². The summed E-state index contributed by atoms with van der Waals surface area (Å²) in [5.74, 6) is 0.728. The van der Waals surface area contributed by atoms with Gasteiger partial charge in [-0.05, 0) is 33.2 Å². The molecule has 1 aromatic heterocycles. The van der Waals surface area contributed by atoms with E-state index in [-0.39, 0.29) is 18.3 Å². The van der Waals surface area contributed by atoms with E-state index in [0.717, 1.165) is 16.8 Å². The van der Waals surface area contributed by atoms with Crippen molar-refractivity contribution in [3.05, 3.63) is 36.1 Å². The summed E-state index contributed by atoms with van der Waals surface area (Å²) in [5, 5.41) is 3.23. The highest BCUT2D eigenvalue weighted by atomic mass is 16.7. The Hall–Kier alpha value is -1.53. The molecule has 1 aromatic rings. The van der Waals surface area contributed by atoms with Crippen LogP contribution in [0.4, 0.5) is 0 Å². The summed E-state index contributed by atoms with van der Waals surface area (Å²) < 4.78 is 17.5. The minimum atomic E-state index is -0.334. The van der Waals surface area contributed by atoms with Crippen LogP contribution in [-0.2, 0) is 9.31 Å². The maximum Gasteiger partial charge on any atom is 0.492 e. The molecular weight excluding hydrogens is 255 g/mol. The first-order valence-electron chi connectivity index (χ1n) is 6.78. The van der Waals surface area contributed by atoms with Crippen LogP contribution in [0.25, 0.3) is 5.57 Å². The average molecular weight is 274 g/mol. The van der Waals surface area contributed by atoms with Gasteiger partial charge in [-0.15, -0.1) is 0 Å². The number of allylic oxidation sites excluding steroid dienone is 2. The number of hydrogen-bond acceptors (Lipinski definition) is 5. The monoisotopic (exact) mass is 274 g/mol. The largest absolute Gasteiger partial charge is 0.492 e. The Morgan fingerprint density at radius 3 is 2.50 bits per heavy atom. The van der Waals surface area contributed by atoms with Gasteiger partial charge >= 0.3 is 7.12 Å². The minimum Gasteiger partial charge on any atom is -0.443 e. The molecule has 5 nitrogen and oxygen atoms in total. The zero-order chi connectivity index (χ0) is 14.4. The summed E-state index contributed by atoms with van der Waals surface area (Å²) in [6.07, 6.45) is 7.07. The molecule has 20 heavy (non-hydrogen) atoms. The second-order valence-electron chi connectivity index (χ2n) is 6.15. The maximum atomic E-state index is 6.07. The summed E-state index contributed by atoms with van der Waals surface area (Å²) >= 11 is 0. The number of hydrogen-bond donors (Lipinski definition) is 1. The molecule has 0 unspecified atom stereocenters. The van der Waals surface area contributed by atoms with Gasteiger partial charge in [-0.25, -0.2) is 4.98 Å². The molecule has 0 aromatic carbocycles. The van der Waals surface area contributed by atoms with Crippen molar-refractivity contribution < 1.29 is 13.7 Å². The van der Waals surface area contributed by atoms with Crippen molar-refractivity contribution in [2.75, 3.05) is 6.54 Å². The van der Waals surface area contributed by atoms with Crippen LogP contribution in [-0.4, -0.2) is 29.8 Å². The number of oxazole rings is 1. The van der Waals surface area contributed by atoms with E-state index in [1.807, 2.05) is 12.3 Å². The lowest BCUT2D eigenvalue weighted by atomic mass is 9.76. The van der Waals surface area contributed by atoms with Crippen molar-refractivity contribution in [1.82, 2.24) is 10.3 Å². The van der Waals surface area contributed by atoms with Crippen LogP contribution >= 0.6 is 0 Å². The predicted octanol–water partition coefficient (Wildman–Crippen LogP) is 2.18. The van der Waals surface area contributed by atoms with E-state index in [1.54, 1.807) is 6.20 Å². The molecule has 1 saturated heterocycles. The number of dihydropyridines is 1. The Morgan fingerprint density at radius 2 is 1.90 bits per heavy atom. The quantitative estimate of drug-likeness (QED) is 0.838. The lowest BCUT2D eigenvalue weighted by Crippen LogP contribution is -2.41. The van der Waals surface area contributed by atoms with Crippen molar-refractivity contribution in [3.8, 4) is 0 Å². The van der Waals surface area contributed by atoms with Gasteiger partial charge in [0.25, 0.3) is 0 Å². The Labute approximate surface area is 119 Å². The van der Waals surface area contributed by atoms with E-state index in [9.17, 15) is 0 Å². The van der Waals surface area contributed by atoms with Crippen LogP contribution in [0.1, 0.15) is 33.5 Å². The highest BCUT2D eigenvalue weighted by molar-refractivity contribution is 6.55. The Morgan fingerprint density at radius 1 is 1.20 bits per heavy atom. The zero-order valence-corrected chi connectivity index (χ0v) is 12.3. The molecule has 2 aliphatic heterocycles. The molecule has 3 heterocycles. The molecule has 0 amide bonds. The molecule has 2 aliphatic rings. The second-order valence-corrected chi connectivity index (χ2v) is 6.15. The smallest absolute Gasteiger partial charge is 0.443 e. The lowest BCUT2D eigenvalue weighted by molar-refractivity contribution is 0.00578. The summed E-state index contributed by atoms with van der Waals surface area (Å²) in [6.45, 7) is 8.91. The predicted molar refractivity (Wildman–Crippen MR) is 76.6 cm³/mol. The molecule has 0 radical (unpaired) electrons. The van der Waals surface area contributed by atoms with Crippen LogP contribution in [0.15, 0.2) is 34.8 Å². The van der Waals surface area contributed by atoms with Gasteiger partial charge in [0.2, 0.25) is 0 Å². The highest BCUT2D eigenvalue weighted by Gasteiger charge is 2.52. The fraction of sp³-hybridized carbons (Fsp3) is 0.500. The van der Waals surface area contributed by atoms with E-state index in [4.69, 9.17) is 13.7 Å². The van der Waals surface area contributed by atoms with Crippen molar-refractivity contribution in [2.45, 2.75) is 38.9 Å². The molecule has 6 heteroatoms. The lowest BCUT2D eigenvalue weighted by Gasteiger charge is -2.32. The third-order valence-electron chi connectivity index (χ3n) is 4.18. The maximum absolute atomic E-state index is 6.07. The van der Waals surface area contributed by atoms with E-state index >= 15 is 0 Å². The van der Waals surface area contributed by atoms with Crippen LogP contribution in [0.2, 0.25) is 0 Å². The second kappa shape index (κ2) is 4.50. The van der Waals surface area contributed by atoms with E-state index < -0.39 is 0 Å². The topological polar surface area (TPSA) is 56.5 Å². The van der Waals surface area contributed by atoms with Crippen molar-refractivity contribution >= 4 is 12.7 Å². The van der Waals surface area contributed by atoms with Crippen LogP contribution in [0.5, 0.6) is 0 Å². The SMILES string of the molecule is CC1(C)OB(C2=CC(c3cnco3)=CNC2)OC1(C)C. The van der Waals surface area contributed by atoms with Crippen LogP contribution < -0.4 is 5.32 Å². The first-order valence-corrected chi connectivity index (χ1v) is 6.78. The molecule has 1 fully saturated rings. The zero-order valence-electron chi connectivity index (χ0n) is 12.3. The molecule has 0 bridgehead atoms. The molecule has 0 saturated carbocycles.